The summed E-state index contributed by atoms with van der Waals surface area (Å²) in [6, 6.07) is 4.27. The van der Waals surface area contributed by atoms with Crippen molar-refractivity contribution >= 4 is 40.2 Å². The first-order valence-electron chi connectivity index (χ1n) is 7.49. The van der Waals surface area contributed by atoms with E-state index in [-0.39, 0.29) is 0 Å². The molecule has 1 aliphatic heterocycles. The maximum atomic E-state index is 6.10. The number of hydrogen-bond acceptors (Lipinski definition) is 3. The average Bonchev–Trinajstić information content (AvgIpc) is 2.76. The maximum Gasteiger partial charge on any atom is 0.201 e. The van der Waals surface area contributed by atoms with E-state index in [1.807, 2.05) is 10.6 Å². The highest BCUT2D eigenvalue weighted by atomic mass is 35.5. The van der Waals surface area contributed by atoms with Crippen molar-refractivity contribution in [2.24, 2.45) is 0 Å². The molecule has 1 fully saturated rings. The summed E-state index contributed by atoms with van der Waals surface area (Å²) >= 11 is 12.1. The molecule has 0 unspecified atom stereocenters. The predicted octanol–water partition coefficient (Wildman–Crippen LogP) is 3.85. The first-order chi connectivity index (χ1) is 10.1. The van der Waals surface area contributed by atoms with Crippen LogP contribution in [0.25, 0.3) is 11.0 Å². The van der Waals surface area contributed by atoms with Crippen LogP contribution >= 0.6 is 23.2 Å². The number of aryl methyl sites for hydroxylation is 1. The molecule has 114 valence electrons. The van der Waals surface area contributed by atoms with E-state index in [0.717, 1.165) is 30.5 Å². The van der Waals surface area contributed by atoms with Gasteiger partial charge in [0, 0.05) is 12.6 Å². The largest absolute Gasteiger partial charge is 0.369 e. The first kappa shape index (κ1) is 14.9. The average molecular weight is 327 g/mol. The summed E-state index contributed by atoms with van der Waals surface area (Å²) in [6.07, 6.45) is 6.16. The minimum absolute atomic E-state index is 0.514. The Morgan fingerprint density at radius 2 is 2.10 bits per heavy atom. The van der Waals surface area contributed by atoms with Crippen LogP contribution in [0.4, 0.5) is 5.95 Å². The smallest absolute Gasteiger partial charge is 0.201 e. The lowest BCUT2D eigenvalue weighted by Crippen LogP contribution is -2.33. The van der Waals surface area contributed by atoms with E-state index >= 15 is 0 Å². The number of piperidine rings is 1. The summed E-state index contributed by atoms with van der Waals surface area (Å²) in [5, 5.41) is 4.63. The van der Waals surface area contributed by atoms with Gasteiger partial charge in [-0.3, -0.25) is 0 Å². The summed E-state index contributed by atoms with van der Waals surface area (Å²) in [6.45, 7) is 2.01. The fourth-order valence-corrected chi connectivity index (χ4v) is 3.36. The van der Waals surface area contributed by atoms with E-state index < -0.39 is 0 Å². The summed E-state index contributed by atoms with van der Waals surface area (Å²) in [7, 11) is 0. The molecular weight excluding hydrogens is 307 g/mol. The van der Waals surface area contributed by atoms with Crippen LogP contribution in [0.1, 0.15) is 32.1 Å². The van der Waals surface area contributed by atoms with Crippen LogP contribution in [0.5, 0.6) is 0 Å². The van der Waals surface area contributed by atoms with Crippen LogP contribution in [0.15, 0.2) is 12.1 Å². The second kappa shape index (κ2) is 6.42. The molecule has 1 aromatic carbocycles. The Hall–Kier alpha value is -0.970. The van der Waals surface area contributed by atoms with Crippen molar-refractivity contribution in [3.05, 3.63) is 22.2 Å². The quantitative estimate of drug-likeness (QED) is 0.897. The van der Waals surface area contributed by atoms with Crippen LogP contribution in [-0.2, 0) is 6.54 Å². The molecule has 0 spiro atoms. The number of halogens is 2. The SMILES string of the molecule is Nc1nc2cc(Cl)c(Cl)cc2n1CCC[C@H]1CCCCN1. The van der Waals surface area contributed by atoms with Crippen molar-refractivity contribution in [1.29, 1.82) is 0 Å². The number of rotatable bonds is 4. The molecule has 4 nitrogen and oxygen atoms in total. The van der Waals surface area contributed by atoms with E-state index in [9.17, 15) is 0 Å². The lowest BCUT2D eigenvalue weighted by atomic mass is 10.0. The van der Waals surface area contributed by atoms with Gasteiger partial charge >= 0.3 is 0 Å². The maximum absolute atomic E-state index is 6.10. The van der Waals surface area contributed by atoms with Gasteiger partial charge in [0.2, 0.25) is 5.95 Å². The van der Waals surface area contributed by atoms with Crippen LogP contribution in [0.3, 0.4) is 0 Å². The minimum Gasteiger partial charge on any atom is -0.369 e. The number of aromatic nitrogens is 2. The molecule has 1 aromatic heterocycles. The lowest BCUT2D eigenvalue weighted by molar-refractivity contribution is 0.369. The van der Waals surface area contributed by atoms with Gasteiger partial charge in [-0.25, -0.2) is 4.98 Å². The number of nitrogens with one attached hydrogen (secondary N) is 1. The van der Waals surface area contributed by atoms with Gasteiger partial charge in [-0.15, -0.1) is 0 Å². The highest BCUT2D eigenvalue weighted by Crippen LogP contribution is 2.29. The third kappa shape index (κ3) is 3.28. The van der Waals surface area contributed by atoms with Crippen LogP contribution < -0.4 is 11.1 Å². The number of benzene rings is 1. The second-order valence-electron chi connectivity index (χ2n) is 5.67. The number of anilines is 1. The lowest BCUT2D eigenvalue weighted by Gasteiger charge is -2.23. The first-order valence-corrected chi connectivity index (χ1v) is 8.25. The van der Waals surface area contributed by atoms with Crippen LogP contribution in [-0.4, -0.2) is 22.1 Å². The third-order valence-corrected chi connectivity index (χ3v) is 4.89. The molecule has 1 saturated heterocycles. The van der Waals surface area contributed by atoms with Gasteiger partial charge in [0.1, 0.15) is 0 Å². The summed E-state index contributed by atoms with van der Waals surface area (Å²) < 4.78 is 2.03. The Kier molecular flexibility index (Phi) is 4.57. The molecular formula is C15H20Cl2N4. The van der Waals surface area contributed by atoms with E-state index in [4.69, 9.17) is 28.9 Å². The van der Waals surface area contributed by atoms with Crippen molar-refractivity contribution in [3.63, 3.8) is 0 Å². The molecule has 0 aliphatic carbocycles. The van der Waals surface area contributed by atoms with E-state index in [0.29, 0.717) is 22.0 Å². The topological polar surface area (TPSA) is 55.9 Å². The van der Waals surface area contributed by atoms with Gasteiger partial charge < -0.3 is 15.6 Å². The molecule has 0 amide bonds. The Labute approximate surface area is 134 Å². The van der Waals surface area contributed by atoms with Crippen molar-refractivity contribution in [2.45, 2.75) is 44.7 Å². The van der Waals surface area contributed by atoms with Gasteiger partial charge in [-0.1, -0.05) is 29.6 Å². The number of imidazole rings is 1. The Morgan fingerprint density at radius 3 is 2.86 bits per heavy atom. The summed E-state index contributed by atoms with van der Waals surface area (Å²) in [5.41, 5.74) is 7.78. The summed E-state index contributed by atoms with van der Waals surface area (Å²) in [4.78, 5) is 4.36. The van der Waals surface area contributed by atoms with Gasteiger partial charge in [0.05, 0.1) is 21.1 Å². The number of nitrogen functional groups attached to an aromatic ring is 1. The molecule has 1 atom stereocenters. The molecule has 2 heterocycles. The zero-order chi connectivity index (χ0) is 14.8. The number of fused-ring (bicyclic) bond motifs is 1. The van der Waals surface area contributed by atoms with Gasteiger partial charge in [0.25, 0.3) is 0 Å². The molecule has 0 radical (unpaired) electrons. The van der Waals surface area contributed by atoms with Crippen LogP contribution in [0.2, 0.25) is 10.0 Å². The molecule has 1 aliphatic rings. The molecule has 0 saturated carbocycles. The predicted molar refractivity (Wildman–Crippen MR) is 89.0 cm³/mol. The molecule has 3 N–H and O–H groups in total. The van der Waals surface area contributed by atoms with Gasteiger partial charge in [-0.2, -0.15) is 0 Å². The minimum atomic E-state index is 0.514. The Morgan fingerprint density at radius 1 is 1.29 bits per heavy atom. The number of nitrogens with zero attached hydrogens (tertiary/aromatic N) is 2. The fourth-order valence-electron chi connectivity index (χ4n) is 3.04. The highest BCUT2D eigenvalue weighted by Gasteiger charge is 2.14. The van der Waals surface area contributed by atoms with E-state index in [2.05, 4.69) is 10.3 Å². The van der Waals surface area contributed by atoms with Crippen molar-refractivity contribution in [3.8, 4) is 0 Å². The molecule has 2 aromatic rings. The van der Waals surface area contributed by atoms with Crippen molar-refractivity contribution in [2.75, 3.05) is 12.3 Å². The summed E-state index contributed by atoms with van der Waals surface area (Å²) in [5.74, 6) is 0.528. The standard InChI is InChI=1S/C15H20Cl2N4/c16-11-8-13-14(9-12(11)17)21(15(18)20-13)7-3-5-10-4-1-2-6-19-10/h8-10,19H,1-7H2,(H2,18,20)/t10-/m1/s1. The number of nitrogens with two attached hydrogens (primary N) is 1. The van der Waals surface area contributed by atoms with Gasteiger partial charge in [-0.05, 0) is 44.4 Å². The Balaban J connectivity index is 1.71. The van der Waals surface area contributed by atoms with Gasteiger partial charge in [0.15, 0.2) is 0 Å². The normalized spacial score (nSPS) is 19.2. The zero-order valence-electron chi connectivity index (χ0n) is 11.9. The van der Waals surface area contributed by atoms with Crippen LogP contribution in [0, 0.1) is 0 Å². The third-order valence-electron chi connectivity index (χ3n) is 4.17. The van der Waals surface area contributed by atoms with E-state index in [1.54, 1.807) is 6.07 Å². The number of hydrogen-bond donors (Lipinski definition) is 2. The van der Waals surface area contributed by atoms with Crippen molar-refractivity contribution < 1.29 is 0 Å². The van der Waals surface area contributed by atoms with Crippen molar-refractivity contribution in [1.82, 2.24) is 14.9 Å². The highest BCUT2D eigenvalue weighted by molar-refractivity contribution is 6.42. The molecule has 6 heteroatoms. The Bertz CT molecular complexity index is 632. The fraction of sp³-hybridized carbons (Fsp3) is 0.533. The molecule has 21 heavy (non-hydrogen) atoms. The monoisotopic (exact) mass is 326 g/mol. The zero-order valence-corrected chi connectivity index (χ0v) is 13.4. The van der Waals surface area contributed by atoms with E-state index in [1.165, 1.54) is 25.7 Å². The molecule has 3 rings (SSSR count). The second-order valence-corrected chi connectivity index (χ2v) is 6.48. The molecule has 0 bridgehead atoms.